The molecular weight excluding hydrogens is 254 g/mol. The zero-order valence-electron chi connectivity index (χ0n) is 11.3. The van der Waals surface area contributed by atoms with Crippen LogP contribution in [0, 0.1) is 5.41 Å². The first-order valence-corrected chi connectivity index (χ1v) is 7.41. The Balaban J connectivity index is 1.89. The van der Waals surface area contributed by atoms with E-state index >= 15 is 0 Å². The van der Waals surface area contributed by atoms with Crippen LogP contribution in [0.4, 0.5) is 0 Å². The van der Waals surface area contributed by atoms with Crippen LogP contribution >= 0.6 is 11.3 Å². The molecule has 3 heteroatoms. The monoisotopic (exact) mass is 271 g/mol. The lowest BCUT2D eigenvalue weighted by Gasteiger charge is -2.26. The molecular formula is C16H17NOS. The first-order chi connectivity index (χ1) is 9.03. The van der Waals surface area contributed by atoms with Gasteiger partial charge in [0.1, 0.15) is 0 Å². The maximum Gasteiger partial charge on any atom is 0.175 e. The number of benzene rings is 1. The maximum absolute atomic E-state index is 12.1. The van der Waals surface area contributed by atoms with Gasteiger partial charge in [0, 0.05) is 12.8 Å². The van der Waals surface area contributed by atoms with E-state index in [1.807, 2.05) is 18.2 Å². The van der Waals surface area contributed by atoms with Crippen LogP contribution in [0.15, 0.2) is 30.3 Å². The highest BCUT2D eigenvalue weighted by atomic mass is 32.1. The summed E-state index contributed by atoms with van der Waals surface area (Å²) in [6.45, 7) is 4.29. The highest BCUT2D eigenvalue weighted by Crippen LogP contribution is 2.37. The summed E-state index contributed by atoms with van der Waals surface area (Å²) < 4.78 is 0. The van der Waals surface area contributed by atoms with Crippen molar-refractivity contribution in [2.24, 2.45) is 5.41 Å². The number of carbonyl (C=O) groups is 1. The van der Waals surface area contributed by atoms with Crippen LogP contribution in [0.1, 0.15) is 46.2 Å². The van der Waals surface area contributed by atoms with Crippen LogP contribution in [0.3, 0.4) is 0 Å². The highest BCUT2D eigenvalue weighted by Gasteiger charge is 2.33. The van der Waals surface area contributed by atoms with E-state index in [0.717, 1.165) is 28.4 Å². The fourth-order valence-corrected chi connectivity index (χ4v) is 3.67. The SMILES string of the molecule is CC1(C)CC(=O)c2sc(Cc3ccccc3)nc2C1. The van der Waals surface area contributed by atoms with E-state index in [4.69, 9.17) is 0 Å². The van der Waals surface area contributed by atoms with Crippen LogP contribution in [0.5, 0.6) is 0 Å². The zero-order valence-corrected chi connectivity index (χ0v) is 12.1. The maximum atomic E-state index is 12.1. The van der Waals surface area contributed by atoms with Crippen molar-refractivity contribution in [2.45, 2.75) is 33.1 Å². The van der Waals surface area contributed by atoms with Crippen molar-refractivity contribution in [1.82, 2.24) is 4.98 Å². The van der Waals surface area contributed by atoms with Crippen LogP contribution in [-0.2, 0) is 12.8 Å². The molecule has 0 fully saturated rings. The second kappa shape index (κ2) is 4.57. The summed E-state index contributed by atoms with van der Waals surface area (Å²) in [6, 6.07) is 10.3. The number of aromatic nitrogens is 1. The zero-order chi connectivity index (χ0) is 13.5. The van der Waals surface area contributed by atoms with Crippen molar-refractivity contribution in [3.63, 3.8) is 0 Å². The molecule has 1 aromatic heterocycles. The van der Waals surface area contributed by atoms with E-state index in [1.165, 1.54) is 5.56 Å². The molecule has 2 nitrogen and oxygen atoms in total. The van der Waals surface area contributed by atoms with E-state index in [1.54, 1.807) is 11.3 Å². The van der Waals surface area contributed by atoms with E-state index in [0.29, 0.717) is 6.42 Å². The van der Waals surface area contributed by atoms with Crippen molar-refractivity contribution >= 4 is 17.1 Å². The molecule has 1 aliphatic carbocycles. The van der Waals surface area contributed by atoms with Gasteiger partial charge in [0.25, 0.3) is 0 Å². The van der Waals surface area contributed by atoms with Crippen molar-refractivity contribution < 1.29 is 4.79 Å². The van der Waals surface area contributed by atoms with E-state index < -0.39 is 0 Å². The van der Waals surface area contributed by atoms with Crippen LogP contribution in [-0.4, -0.2) is 10.8 Å². The molecule has 1 heterocycles. The summed E-state index contributed by atoms with van der Waals surface area (Å²) in [6.07, 6.45) is 2.39. The molecule has 0 aliphatic heterocycles. The fraction of sp³-hybridized carbons (Fsp3) is 0.375. The number of hydrogen-bond donors (Lipinski definition) is 0. The minimum Gasteiger partial charge on any atom is -0.293 e. The second-order valence-electron chi connectivity index (χ2n) is 5.99. The molecule has 19 heavy (non-hydrogen) atoms. The Morgan fingerprint density at radius 1 is 1.21 bits per heavy atom. The molecule has 3 rings (SSSR count). The van der Waals surface area contributed by atoms with Gasteiger partial charge in [-0.15, -0.1) is 11.3 Å². The predicted molar refractivity (Wildman–Crippen MR) is 77.8 cm³/mol. The summed E-state index contributed by atoms with van der Waals surface area (Å²) in [5.41, 5.74) is 2.32. The molecule has 0 N–H and O–H groups in total. The van der Waals surface area contributed by atoms with Gasteiger partial charge < -0.3 is 0 Å². The first-order valence-electron chi connectivity index (χ1n) is 6.59. The van der Waals surface area contributed by atoms with Gasteiger partial charge in [0.15, 0.2) is 5.78 Å². The third kappa shape index (κ3) is 2.61. The lowest BCUT2D eigenvalue weighted by Crippen LogP contribution is -2.26. The molecule has 0 bridgehead atoms. The number of carbonyl (C=O) groups excluding carboxylic acids is 1. The summed E-state index contributed by atoms with van der Waals surface area (Å²) in [5.74, 6) is 0.267. The largest absolute Gasteiger partial charge is 0.293 e. The number of thiazole rings is 1. The van der Waals surface area contributed by atoms with Crippen molar-refractivity contribution in [2.75, 3.05) is 0 Å². The van der Waals surface area contributed by atoms with Gasteiger partial charge >= 0.3 is 0 Å². The standard InChI is InChI=1S/C16H17NOS/c1-16(2)9-12-15(13(18)10-16)19-14(17-12)8-11-6-4-3-5-7-11/h3-7H,8-10H2,1-2H3. The number of fused-ring (bicyclic) bond motifs is 1. The van der Waals surface area contributed by atoms with E-state index in [9.17, 15) is 4.79 Å². The summed E-state index contributed by atoms with van der Waals surface area (Å²) in [4.78, 5) is 17.7. The Labute approximate surface area is 117 Å². The van der Waals surface area contributed by atoms with Gasteiger partial charge in [-0.3, -0.25) is 4.79 Å². The normalized spacial score (nSPS) is 17.3. The molecule has 0 unspecified atom stereocenters. The summed E-state index contributed by atoms with van der Waals surface area (Å²) in [5, 5.41) is 1.06. The fourth-order valence-electron chi connectivity index (χ4n) is 2.62. The van der Waals surface area contributed by atoms with Crippen molar-refractivity contribution in [3.8, 4) is 0 Å². The van der Waals surface area contributed by atoms with Crippen molar-refractivity contribution in [3.05, 3.63) is 51.5 Å². The van der Waals surface area contributed by atoms with Gasteiger partial charge in [-0.05, 0) is 17.4 Å². The summed E-state index contributed by atoms with van der Waals surface area (Å²) >= 11 is 1.58. The predicted octanol–water partition coefficient (Wildman–Crippen LogP) is 3.89. The Kier molecular flexibility index (Phi) is 3.02. The van der Waals surface area contributed by atoms with Crippen LogP contribution in [0.2, 0.25) is 0 Å². The number of rotatable bonds is 2. The summed E-state index contributed by atoms with van der Waals surface area (Å²) in [7, 11) is 0. The molecule has 0 radical (unpaired) electrons. The number of ketones is 1. The molecule has 0 atom stereocenters. The average molecular weight is 271 g/mol. The number of hydrogen-bond acceptors (Lipinski definition) is 3. The minimum absolute atomic E-state index is 0.0577. The first kappa shape index (κ1) is 12.5. The molecule has 98 valence electrons. The second-order valence-corrected chi connectivity index (χ2v) is 7.07. The average Bonchev–Trinajstić information content (AvgIpc) is 2.71. The third-order valence-corrected chi connectivity index (χ3v) is 4.62. The van der Waals surface area contributed by atoms with Gasteiger partial charge in [-0.2, -0.15) is 0 Å². The Morgan fingerprint density at radius 3 is 2.68 bits per heavy atom. The molecule has 2 aromatic rings. The molecule has 0 saturated carbocycles. The smallest absolute Gasteiger partial charge is 0.175 e. The Morgan fingerprint density at radius 2 is 1.95 bits per heavy atom. The molecule has 0 spiro atoms. The van der Waals surface area contributed by atoms with Crippen LogP contribution in [0.25, 0.3) is 0 Å². The third-order valence-electron chi connectivity index (χ3n) is 3.48. The Bertz CT molecular complexity index is 613. The van der Waals surface area contributed by atoms with E-state index in [2.05, 4.69) is 31.0 Å². The number of Topliss-reactive ketones (excluding diaryl/α,β-unsaturated/α-hetero) is 1. The van der Waals surface area contributed by atoms with Gasteiger partial charge in [-0.25, -0.2) is 4.98 Å². The van der Waals surface area contributed by atoms with E-state index in [-0.39, 0.29) is 11.2 Å². The number of nitrogens with zero attached hydrogens (tertiary/aromatic N) is 1. The molecule has 1 aromatic carbocycles. The molecule has 0 amide bonds. The molecule has 1 aliphatic rings. The van der Waals surface area contributed by atoms with Gasteiger partial charge in [-0.1, -0.05) is 44.2 Å². The topological polar surface area (TPSA) is 30.0 Å². The van der Waals surface area contributed by atoms with Gasteiger partial charge in [0.05, 0.1) is 15.6 Å². The lowest BCUT2D eigenvalue weighted by molar-refractivity contribution is 0.0916. The van der Waals surface area contributed by atoms with Gasteiger partial charge in [0.2, 0.25) is 0 Å². The molecule has 0 saturated heterocycles. The van der Waals surface area contributed by atoms with Crippen molar-refractivity contribution in [1.29, 1.82) is 0 Å². The lowest BCUT2D eigenvalue weighted by atomic mass is 9.78. The van der Waals surface area contributed by atoms with Crippen LogP contribution < -0.4 is 0 Å². The minimum atomic E-state index is 0.0577. The highest BCUT2D eigenvalue weighted by molar-refractivity contribution is 7.13. The Hall–Kier alpha value is -1.48. The quantitative estimate of drug-likeness (QED) is 0.829.